The molecule has 0 N–H and O–H groups in total. The molecule has 60 valence electrons. The Balaban J connectivity index is 2.76. The molecule has 10 heavy (non-hydrogen) atoms. The summed E-state index contributed by atoms with van der Waals surface area (Å²) in [6.07, 6.45) is 1.14. The molecule has 0 aliphatic carbocycles. The zero-order chi connectivity index (χ0) is 7.83. The lowest BCUT2D eigenvalue weighted by molar-refractivity contribution is 0.236. The van der Waals surface area contributed by atoms with Gasteiger partial charge in [-0.25, -0.2) is 0 Å². The standard InChI is InChI=1S/C7H16O2Si/c1-7(2)5-6-9-10(7,4)8-3/h5-6H2,1-4H3. The Hall–Kier alpha value is 0.137. The number of hydrogen-bond donors (Lipinski definition) is 0. The molecule has 0 amide bonds. The van der Waals surface area contributed by atoms with Crippen LogP contribution in [0.2, 0.25) is 11.6 Å². The first kappa shape index (κ1) is 8.24. The third-order valence-corrected chi connectivity index (χ3v) is 6.97. The van der Waals surface area contributed by atoms with Crippen molar-refractivity contribution in [1.29, 1.82) is 0 Å². The molecule has 1 saturated heterocycles. The Kier molecular flexibility index (Phi) is 1.91. The zero-order valence-corrected chi connectivity index (χ0v) is 8.23. The normalized spacial score (nSPS) is 38.4. The second-order valence-corrected chi connectivity index (χ2v) is 7.57. The highest BCUT2D eigenvalue weighted by Crippen LogP contribution is 2.46. The summed E-state index contributed by atoms with van der Waals surface area (Å²) in [6.45, 7) is 7.48. The van der Waals surface area contributed by atoms with Crippen LogP contribution in [0.5, 0.6) is 0 Å². The van der Waals surface area contributed by atoms with E-state index in [-0.39, 0.29) is 0 Å². The van der Waals surface area contributed by atoms with Gasteiger partial charge < -0.3 is 8.85 Å². The van der Waals surface area contributed by atoms with E-state index < -0.39 is 8.56 Å². The van der Waals surface area contributed by atoms with E-state index in [2.05, 4.69) is 20.4 Å². The van der Waals surface area contributed by atoms with Crippen LogP contribution < -0.4 is 0 Å². The molecule has 0 spiro atoms. The maximum Gasteiger partial charge on any atom is 0.340 e. The molecule has 0 aromatic carbocycles. The van der Waals surface area contributed by atoms with Gasteiger partial charge in [0, 0.05) is 18.8 Å². The summed E-state index contributed by atoms with van der Waals surface area (Å²) in [7, 11) is -0.0246. The van der Waals surface area contributed by atoms with Crippen molar-refractivity contribution in [1.82, 2.24) is 0 Å². The molecule has 1 aliphatic heterocycles. The van der Waals surface area contributed by atoms with Gasteiger partial charge in [0.25, 0.3) is 0 Å². The molecule has 1 fully saturated rings. The second kappa shape index (κ2) is 2.32. The van der Waals surface area contributed by atoms with E-state index in [0.29, 0.717) is 5.04 Å². The number of rotatable bonds is 1. The predicted octanol–water partition coefficient (Wildman–Crippen LogP) is 1.91. The van der Waals surface area contributed by atoms with Crippen LogP contribution in [-0.2, 0) is 8.85 Å². The fourth-order valence-electron chi connectivity index (χ4n) is 1.26. The first-order chi connectivity index (χ1) is 4.52. The van der Waals surface area contributed by atoms with Crippen LogP contribution >= 0.6 is 0 Å². The van der Waals surface area contributed by atoms with Gasteiger partial charge in [-0.15, -0.1) is 0 Å². The summed E-state index contributed by atoms with van der Waals surface area (Å²) >= 11 is 0. The van der Waals surface area contributed by atoms with Gasteiger partial charge in [0.15, 0.2) is 0 Å². The van der Waals surface area contributed by atoms with Gasteiger partial charge >= 0.3 is 8.56 Å². The minimum Gasteiger partial charge on any atom is -0.397 e. The molecule has 0 saturated carbocycles. The van der Waals surface area contributed by atoms with E-state index in [1.807, 2.05) is 0 Å². The van der Waals surface area contributed by atoms with Crippen LogP contribution in [0.4, 0.5) is 0 Å². The van der Waals surface area contributed by atoms with E-state index in [9.17, 15) is 0 Å². The van der Waals surface area contributed by atoms with E-state index in [1.165, 1.54) is 0 Å². The Labute approximate surface area is 63.8 Å². The minimum absolute atomic E-state index is 0.293. The van der Waals surface area contributed by atoms with Gasteiger partial charge in [-0.05, 0) is 13.0 Å². The molecule has 2 nitrogen and oxygen atoms in total. The summed E-state index contributed by atoms with van der Waals surface area (Å²) in [6, 6.07) is 0. The molecular weight excluding hydrogens is 144 g/mol. The first-order valence-electron chi connectivity index (χ1n) is 3.71. The molecule has 0 bridgehead atoms. The van der Waals surface area contributed by atoms with Gasteiger partial charge in [-0.1, -0.05) is 13.8 Å². The Morgan fingerprint density at radius 3 is 2.30 bits per heavy atom. The van der Waals surface area contributed by atoms with Crippen molar-refractivity contribution in [3.8, 4) is 0 Å². The average molecular weight is 160 g/mol. The van der Waals surface area contributed by atoms with Gasteiger partial charge in [0.1, 0.15) is 0 Å². The monoisotopic (exact) mass is 160 g/mol. The van der Waals surface area contributed by atoms with Crippen LogP contribution in [0, 0.1) is 0 Å². The van der Waals surface area contributed by atoms with E-state index in [1.54, 1.807) is 7.11 Å². The molecule has 1 aliphatic rings. The van der Waals surface area contributed by atoms with Gasteiger partial charge in [-0.3, -0.25) is 0 Å². The summed E-state index contributed by atoms with van der Waals surface area (Å²) < 4.78 is 11.1. The van der Waals surface area contributed by atoms with Gasteiger partial charge in [0.2, 0.25) is 0 Å². The van der Waals surface area contributed by atoms with Crippen molar-refractivity contribution >= 4 is 8.56 Å². The van der Waals surface area contributed by atoms with Crippen LogP contribution in [-0.4, -0.2) is 22.3 Å². The summed E-state index contributed by atoms with van der Waals surface area (Å²) in [4.78, 5) is 0. The largest absolute Gasteiger partial charge is 0.397 e. The molecule has 1 unspecified atom stereocenters. The van der Waals surface area contributed by atoms with Crippen molar-refractivity contribution in [3.63, 3.8) is 0 Å². The lowest BCUT2D eigenvalue weighted by Crippen LogP contribution is -2.42. The van der Waals surface area contributed by atoms with Crippen molar-refractivity contribution < 1.29 is 8.85 Å². The topological polar surface area (TPSA) is 18.5 Å². The van der Waals surface area contributed by atoms with Crippen molar-refractivity contribution in [2.45, 2.75) is 31.9 Å². The van der Waals surface area contributed by atoms with E-state index in [4.69, 9.17) is 8.85 Å². The van der Waals surface area contributed by atoms with Crippen LogP contribution in [0.25, 0.3) is 0 Å². The molecule has 0 aromatic rings. The van der Waals surface area contributed by atoms with Crippen LogP contribution in [0.3, 0.4) is 0 Å². The third kappa shape index (κ3) is 1.02. The highest BCUT2D eigenvalue weighted by Gasteiger charge is 2.51. The fourth-order valence-corrected chi connectivity index (χ4v) is 3.37. The highest BCUT2D eigenvalue weighted by atomic mass is 28.4. The molecule has 3 heteroatoms. The highest BCUT2D eigenvalue weighted by molar-refractivity contribution is 6.69. The van der Waals surface area contributed by atoms with Crippen molar-refractivity contribution in [2.75, 3.05) is 13.7 Å². The summed E-state index contributed by atoms with van der Waals surface area (Å²) in [5, 5.41) is 0.293. The SMILES string of the molecule is CO[Si]1(C)OCCC1(C)C. The maximum absolute atomic E-state index is 5.62. The van der Waals surface area contributed by atoms with Crippen LogP contribution in [0.1, 0.15) is 20.3 Å². The second-order valence-electron chi connectivity index (χ2n) is 3.63. The molecule has 1 rings (SSSR count). The molecular formula is C7H16O2Si. The lowest BCUT2D eigenvalue weighted by Gasteiger charge is -2.31. The minimum atomic E-state index is -1.79. The Morgan fingerprint density at radius 2 is 2.10 bits per heavy atom. The lowest BCUT2D eigenvalue weighted by atomic mass is 10.1. The van der Waals surface area contributed by atoms with E-state index >= 15 is 0 Å². The maximum atomic E-state index is 5.62. The molecule has 0 radical (unpaired) electrons. The van der Waals surface area contributed by atoms with Crippen molar-refractivity contribution in [3.05, 3.63) is 0 Å². The smallest absolute Gasteiger partial charge is 0.340 e. The fraction of sp³-hybridized carbons (Fsp3) is 1.00. The molecule has 1 heterocycles. The average Bonchev–Trinajstić information content (AvgIpc) is 2.10. The van der Waals surface area contributed by atoms with E-state index in [0.717, 1.165) is 13.0 Å². The van der Waals surface area contributed by atoms with Crippen molar-refractivity contribution in [2.24, 2.45) is 0 Å². The quantitative estimate of drug-likeness (QED) is 0.545. The number of hydrogen-bond acceptors (Lipinski definition) is 2. The zero-order valence-electron chi connectivity index (χ0n) is 7.23. The predicted molar refractivity (Wildman–Crippen MR) is 43.2 cm³/mol. The molecule has 1 atom stereocenters. The Morgan fingerprint density at radius 1 is 1.50 bits per heavy atom. The van der Waals surface area contributed by atoms with Crippen LogP contribution in [0.15, 0.2) is 0 Å². The third-order valence-electron chi connectivity index (χ3n) is 2.72. The van der Waals surface area contributed by atoms with Gasteiger partial charge in [0.05, 0.1) is 0 Å². The first-order valence-corrected chi connectivity index (χ1v) is 6.03. The Bertz CT molecular complexity index is 136. The summed E-state index contributed by atoms with van der Waals surface area (Å²) in [5.74, 6) is 0. The summed E-state index contributed by atoms with van der Waals surface area (Å²) in [5.41, 5.74) is 0. The molecule has 0 aromatic heterocycles. The van der Waals surface area contributed by atoms with Gasteiger partial charge in [-0.2, -0.15) is 0 Å².